The summed E-state index contributed by atoms with van der Waals surface area (Å²) in [6, 6.07) is 16.6. The molecular formula is C25H27BO3. The van der Waals surface area contributed by atoms with E-state index < -0.39 is 0 Å². The van der Waals surface area contributed by atoms with E-state index in [0.717, 1.165) is 21.8 Å². The van der Waals surface area contributed by atoms with Gasteiger partial charge in [0, 0.05) is 10.8 Å². The van der Waals surface area contributed by atoms with Crippen molar-refractivity contribution in [1.82, 2.24) is 0 Å². The highest BCUT2D eigenvalue weighted by Crippen LogP contribution is 2.52. The molecule has 0 aromatic heterocycles. The number of aromatic hydroxyl groups is 1. The lowest BCUT2D eigenvalue weighted by atomic mass is 9.74. The zero-order valence-electron chi connectivity index (χ0n) is 18.0. The van der Waals surface area contributed by atoms with Gasteiger partial charge in [0.2, 0.25) is 0 Å². The Balaban J connectivity index is 1.69. The summed E-state index contributed by atoms with van der Waals surface area (Å²) in [7, 11) is -0.380. The molecule has 1 aliphatic heterocycles. The van der Waals surface area contributed by atoms with Crippen LogP contribution >= 0.6 is 0 Å². The van der Waals surface area contributed by atoms with E-state index in [0.29, 0.717) is 5.75 Å². The summed E-state index contributed by atoms with van der Waals surface area (Å²) >= 11 is 0. The average molecular weight is 386 g/mol. The Hall–Kier alpha value is -2.30. The van der Waals surface area contributed by atoms with Crippen LogP contribution in [-0.4, -0.2) is 23.4 Å². The van der Waals surface area contributed by atoms with Crippen LogP contribution in [0.5, 0.6) is 5.75 Å². The number of hydrogen-bond acceptors (Lipinski definition) is 3. The maximum Gasteiger partial charge on any atom is 0.494 e. The van der Waals surface area contributed by atoms with Gasteiger partial charge in [0.05, 0.1) is 11.2 Å². The van der Waals surface area contributed by atoms with E-state index in [1.807, 2.05) is 24.3 Å². The van der Waals surface area contributed by atoms with Crippen molar-refractivity contribution in [3.05, 3.63) is 59.7 Å². The zero-order valence-corrected chi connectivity index (χ0v) is 18.0. The average Bonchev–Trinajstić information content (AvgIpc) is 3.01. The van der Waals surface area contributed by atoms with E-state index in [-0.39, 0.29) is 23.7 Å². The summed E-state index contributed by atoms with van der Waals surface area (Å²) in [4.78, 5) is 0. The van der Waals surface area contributed by atoms with E-state index in [1.54, 1.807) is 0 Å². The van der Waals surface area contributed by atoms with Crippen LogP contribution in [-0.2, 0) is 14.7 Å². The number of fused-ring (bicyclic) bond motifs is 5. The van der Waals surface area contributed by atoms with Gasteiger partial charge in [0.1, 0.15) is 5.75 Å². The first-order valence-electron chi connectivity index (χ1n) is 10.3. The maximum absolute atomic E-state index is 10.6. The quantitative estimate of drug-likeness (QED) is 0.588. The molecule has 1 fully saturated rings. The van der Waals surface area contributed by atoms with Crippen molar-refractivity contribution in [2.45, 2.75) is 58.2 Å². The molecule has 0 saturated carbocycles. The second-order valence-electron chi connectivity index (χ2n) is 9.88. The first-order valence-corrected chi connectivity index (χ1v) is 10.3. The van der Waals surface area contributed by atoms with E-state index in [9.17, 15) is 5.11 Å². The SMILES string of the molecule is CC1(C)c2cc(B3OC(C)(C)C(C)(C)O3)ccc2-c2c1cc(O)c1ccccc21. The molecule has 2 aliphatic rings. The molecule has 3 nitrogen and oxygen atoms in total. The van der Waals surface area contributed by atoms with Gasteiger partial charge in [-0.3, -0.25) is 0 Å². The van der Waals surface area contributed by atoms with E-state index in [2.05, 4.69) is 65.8 Å². The summed E-state index contributed by atoms with van der Waals surface area (Å²) in [5.74, 6) is 0.339. The summed E-state index contributed by atoms with van der Waals surface area (Å²) in [6.45, 7) is 12.8. The highest BCUT2D eigenvalue weighted by Gasteiger charge is 2.52. The van der Waals surface area contributed by atoms with Crippen molar-refractivity contribution >= 4 is 23.4 Å². The smallest absolute Gasteiger partial charge is 0.494 e. The van der Waals surface area contributed by atoms with Crippen LogP contribution in [0.3, 0.4) is 0 Å². The third kappa shape index (κ3) is 2.45. The molecule has 1 N–H and O–H groups in total. The monoisotopic (exact) mass is 386 g/mol. The van der Waals surface area contributed by atoms with Gasteiger partial charge in [0.25, 0.3) is 0 Å². The molecule has 0 bridgehead atoms. The standard InChI is InChI=1S/C25H27BO3/c1-23(2)19-13-15(26-28-24(3,4)25(5,6)29-26)11-12-18(19)22-17-10-8-7-9-16(17)21(27)14-20(22)23/h7-14,27H,1-6H3. The van der Waals surface area contributed by atoms with Gasteiger partial charge in [0.15, 0.2) is 0 Å². The second kappa shape index (κ2) is 5.65. The first-order chi connectivity index (χ1) is 13.5. The molecule has 0 atom stereocenters. The van der Waals surface area contributed by atoms with Crippen LogP contribution in [0.1, 0.15) is 52.7 Å². The zero-order chi connectivity index (χ0) is 20.8. The fourth-order valence-corrected chi connectivity index (χ4v) is 4.71. The molecule has 148 valence electrons. The molecule has 3 aromatic carbocycles. The van der Waals surface area contributed by atoms with Crippen LogP contribution in [0.15, 0.2) is 48.5 Å². The third-order valence-corrected chi connectivity index (χ3v) is 7.21. The Morgan fingerprint density at radius 1 is 0.759 bits per heavy atom. The lowest BCUT2D eigenvalue weighted by Gasteiger charge is -2.32. The molecule has 4 heteroatoms. The van der Waals surface area contributed by atoms with Crippen LogP contribution in [0.25, 0.3) is 21.9 Å². The van der Waals surface area contributed by atoms with Gasteiger partial charge in [-0.15, -0.1) is 0 Å². The van der Waals surface area contributed by atoms with Crippen molar-refractivity contribution in [2.24, 2.45) is 0 Å². The second-order valence-corrected chi connectivity index (χ2v) is 9.88. The molecule has 0 spiro atoms. The number of rotatable bonds is 1. The first kappa shape index (κ1) is 18.7. The maximum atomic E-state index is 10.6. The summed E-state index contributed by atoms with van der Waals surface area (Å²) in [5.41, 5.74) is 4.95. The Morgan fingerprint density at radius 3 is 2.03 bits per heavy atom. The lowest BCUT2D eigenvalue weighted by molar-refractivity contribution is 0.00578. The molecule has 5 rings (SSSR count). The van der Waals surface area contributed by atoms with Crippen molar-refractivity contribution in [3.8, 4) is 16.9 Å². The number of benzene rings is 3. The van der Waals surface area contributed by atoms with Crippen LogP contribution < -0.4 is 5.46 Å². The van der Waals surface area contributed by atoms with Gasteiger partial charge in [-0.1, -0.05) is 56.3 Å². The fourth-order valence-electron chi connectivity index (χ4n) is 4.71. The van der Waals surface area contributed by atoms with Gasteiger partial charge in [-0.05, 0) is 66.9 Å². The Bertz CT molecular complexity index is 1140. The Labute approximate surface area is 172 Å². The molecule has 1 aliphatic carbocycles. The number of phenols is 1. The largest absolute Gasteiger partial charge is 0.507 e. The van der Waals surface area contributed by atoms with Crippen LogP contribution in [0, 0.1) is 0 Å². The molecule has 29 heavy (non-hydrogen) atoms. The van der Waals surface area contributed by atoms with Crippen LogP contribution in [0.2, 0.25) is 0 Å². The van der Waals surface area contributed by atoms with Gasteiger partial charge < -0.3 is 14.4 Å². The van der Waals surface area contributed by atoms with Crippen molar-refractivity contribution in [3.63, 3.8) is 0 Å². The van der Waals surface area contributed by atoms with Crippen molar-refractivity contribution in [1.29, 1.82) is 0 Å². The van der Waals surface area contributed by atoms with Gasteiger partial charge in [-0.25, -0.2) is 0 Å². The number of hydrogen-bond donors (Lipinski definition) is 1. The molecule has 0 amide bonds. The van der Waals surface area contributed by atoms with Crippen molar-refractivity contribution < 1.29 is 14.4 Å². The highest BCUT2D eigenvalue weighted by atomic mass is 16.7. The molecule has 1 heterocycles. The normalized spacial score (nSPS) is 20.7. The third-order valence-electron chi connectivity index (χ3n) is 7.21. The predicted octanol–water partition coefficient (Wildman–Crippen LogP) is 5.15. The minimum atomic E-state index is -0.380. The molecular weight excluding hydrogens is 359 g/mol. The van der Waals surface area contributed by atoms with Gasteiger partial charge >= 0.3 is 7.12 Å². The summed E-state index contributed by atoms with van der Waals surface area (Å²) in [6.07, 6.45) is 0. The molecule has 3 aromatic rings. The Morgan fingerprint density at radius 2 is 1.38 bits per heavy atom. The molecule has 0 unspecified atom stereocenters. The molecule has 1 saturated heterocycles. The van der Waals surface area contributed by atoms with E-state index in [4.69, 9.17) is 9.31 Å². The van der Waals surface area contributed by atoms with E-state index in [1.165, 1.54) is 16.7 Å². The minimum Gasteiger partial charge on any atom is -0.507 e. The molecule has 0 radical (unpaired) electrons. The Kier molecular flexibility index (Phi) is 3.64. The summed E-state index contributed by atoms with van der Waals surface area (Å²) < 4.78 is 12.6. The summed E-state index contributed by atoms with van der Waals surface area (Å²) in [5, 5.41) is 12.6. The van der Waals surface area contributed by atoms with Gasteiger partial charge in [-0.2, -0.15) is 0 Å². The highest BCUT2D eigenvalue weighted by molar-refractivity contribution is 6.62. The lowest BCUT2D eigenvalue weighted by Crippen LogP contribution is -2.41. The van der Waals surface area contributed by atoms with Crippen LogP contribution in [0.4, 0.5) is 0 Å². The fraction of sp³-hybridized carbons (Fsp3) is 0.360. The topological polar surface area (TPSA) is 38.7 Å². The number of phenolic OH excluding ortho intramolecular Hbond substituents is 1. The van der Waals surface area contributed by atoms with Crippen molar-refractivity contribution in [2.75, 3.05) is 0 Å². The van der Waals surface area contributed by atoms with E-state index >= 15 is 0 Å². The minimum absolute atomic E-state index is 0.216. The predicted molar refractivity (Wildman–Crippen MR) is 119 cm³/mol.